The van der Waals surface area contributed by atoms with Crippen molar-refractivity contribution < 1.29 is 0 Å². The molecule has 1 aliphatic rings. The van der Waals surface area contributed by atoms with Crippen LogP contribution in [0.3, 0.4) is 0 Å². The number of hydrogen-bond acceptors (Lipinski definition) is 6. The molecule has 0 amide bonds. The summed E-state index contributed by atoms with van der Waals surface area (Å²) < 4.78 is 0. The summed E-state index contributed by atoms with van der Waals surface area (Å²) in [6.07, 6.45) is 2.62. The maximum absolute atomic E-state index is 5.81. The summed E-state index contributed by atoms with van der Waals surface area (Å²) in [6, 6.07) is 1.18. The number of anilines is 2. The normalized spacial score (nSPS) is 16.7. The van der Waals surface area contributed by atoms with Crippen LogP contribution >= 0.6 is 11.6 Å². The predicted molar refractivity (Wildman–Crippen MR) is 73.1 cm³/mol. The van der Waals surface area contributed by atoms with Crippen molar-refractivity contribution in [1.29, 1.82) is 0 Å². The fraction of sp³-hybridized carbons (Fsp3) is 0.727. The Kier molecular flexibility index (Phi) is 4.19. The second-order valence-corrected chi connectivity index (χ2v) is 4.97. The molecule has 100 valence electrons. The molecule has 0 bridgehead atoms. The Bertz CT molecular complexity index is 409. The highest BCUT2D eigenvalue weighted by Gasteiger charge is 2.28. The fourth-order valence-corrected chi connectivity index (χ4v) is 1.93. The van der Waals surface area contributed by atoms with Crippen LogP contribution in [-0.4, -0.2) is 52.6 Å². The van der Waals surface area contributed by atoms with Gasteiger partial charge < -0.3 is 10.6 Å². The molecule has 7 heteroatoms. The van der Waals surface area contributed by atoms with Gasteiger partial charge in [0.25, 0.3) is 0 Å². The Labute approximate surface area is 112 Å². The molecule has 1 fully saturated rings. The SMILES string of the molecule is CNc1nc(Cl)nc(NCC(C)N(C)C2CC2)n1. The van der Waals surface area contributed by atoms with E-state index in [0.717, 1.165) is 12.6 Å². The van der Waals surface area contributed by atoms with Crippen molar-refractivity contribution in [3.05, 3.63) is 5.28 Å². The van der Waals surface area contributed by atoms with E-state index in [0.29, 0.717) is 17.9 Å². The molecule has 18 heavy (non-hydrogen) atoms. The summed E-state index contributed by atoms with van der Waals surface area (Å²) in [7, 11) is 3.91. The maximum atomic E-state index is 5.81. The highest BCUT2D eigenvalue weighted by atomic mass is 35.5. The Morgan fingerprint density at radius 3 is 2.61 bits per heavy atom. The lowest BCUT2D eigenvalue weighted by Gasteiger charge is -2.24. The zero-order valence-electron chi connectivity index (χ0n) is 10.9. The van der Waals surface area contributed by atoms with Crippen LogP contribution < -0.4 is 10.6 Å². The minimum Gasteiger partial charge on any atom is -0.357 e. The van der Waals surface area contributed by atoms with Crippen molar-refractivity contribution in [2.75, 3.05) is 31.3 Å². The van der Waals surface area contributed by atoms with Gasteiger partial charge >= 0.3 is 0 Å². The van der Waals surface area contributed by atoms with E-state index in [-0.39, 0.29) is 5.28 Å². The zero-order valence-corrected chi connectivity index (χ0v) is 11.7. The molecule has 1 saturated carbocycles. The van der Waals surface area contributed by atoms with Crippen LogP contribution in [0.15, 0.2) is 0 Å². The molecule has 1 aliphatic carbocycles. The quantitative estimate of drug-likeness (QED) is 0.816. The first-order valence-electron chi connectivity index (χ1n) is 6.15. The van der Waals surface area contributed by atoms with Gasteiger partial charge in [0.1, 0.15) is 0 Å². The van der Waals surface area contributed by atoms with E-state index >= 15 is 0 Å². The van der Waals surface area contributed by atoms with Gasteiger partial charge in [0.2, 0.25) is 17.2 Å². The van der Waals surface area contributed by atoms with E-state index in [1.807, 2.05) is 0 Å². The lowest BCUT2D eigenvalue weighted by atomic mass is 10.3. The highest BCUT2D eigenvalue weighted by Crippen LogP contribution is 2.26. The van der Waals surface area contributed by atoms with Crippen molar-refractivity contribution in [3.63, 3.8) is 0 Å². The third kappa shape index (κ3) is 3.43. The number of nitrogens with one attached hydrogen (secondary N) is 2. The Morgan fingerprint density at radius 2 is 2.00 bits per heavy atom. The third-order valence-electron chi connectivity index (χ3n) is 3.21. The first-order valence-corrected chi connectivity index (χ1v) is 6.53. The molecule has 1 aromatic heterocycles. The molecule has 0 radical (unpaired) electrons. The number of nitrogens with zero attached hydrogens (tertiary/aromatic N) is 4. The van der Waals surface area contributed by atoms with Gasteiger partial charge in [0.15, 0.2) is 0 Å². The van der Waals surface area contributed by atoms with Crippen LogP contribution in [0, 0.1) is 0 Å². The molecule has 6 nitrogen and oxygen atoms in total. The molecule has 0 spiro atoms. The van der Waals surface area contributed by atoms with Gasteiger partial charge in [0.05, 0.1) is 0 Å². The zero-order chi connectivity index (χ0) is 13.1. The highest BCUT2D eigenvalue weighted by molar-refractivity contribution is 6.28. The molecule has 0 aromatic carbocycles. The smallest absolute Gasteiger partial charge is 0.228 e. The van der Waals surface area contributed by atoms with Crippen LogP contribution in [0.5, 0.6) is 0 Å². The predicted octanol–water partition coefficient (Wildman–Crippen LogP) is 1.46. The van der Waals surface area contributed by atoms with Gasteiger partial charge in [-0.05, 0) is 38.4 Å². The van der Waals surface area contributed by atoms with Crippen LogP contribution in [-0.2, 0) is 0 Å². The monoisotopic (exact) mass is 270 g/mol. The molecule has 1 atom stereocenters. The van der Waals surface area contributed by atoms with Crippen LogP contribution in [0.4, 0.5) is 11.9 Å². The first-order chi connectivity index (χ1) is 8.60. The molecule has 1 aromatic rings. The largest absolute Gasteiger partial charge is 0.357 e. The summed E-state index contributed by atoms with van der Waals surface area (Å²) in [6.45, 7) is 2.98. The van der Waals surface area contributed by atoms with Crippen molar-refractivity contribution in [2.45, 2.75) is 31.8 Å². The van der Waals surface area contributed by atoms with E-state index in [9.17, 15) is 0 Å². The minimum atomic E-state index is 0.194. The molecule has 1 heterocycles. The Hall–Kier alpha value is -1.14. The van der Waals surface area contributed by atoms with Gasteiger partial charge in [-0.3, -0.25) is 4.90 Å². The Balaban J connectivity index is 1.90. The number of hydrogen-bond donors (Lipinski definition) is 2. The lowest BCUT2D eigenvalue weighted by molar-refractivity contribution is 0.257. The maximum Gasteiger partial charge on any atom is 0.228 e. The topological polar surface area (TPSA) is 66.0 Å². The van der Waals surface area contributed by atoms with Gasteiger partial charge in [-0.15, -0.1) is 0 Å². The second kappa shape index (κ2) is 5.67. The van der Waals surface area contributed by atoms with Crippen molar-refractivity contribution in [2.24, 2.45) is 0 Å². The number of likely N-dealkylation sites (N-methyl/N-ethyl adjacent to an activating group) is 1. The molecule has 0 aliphatic heterocycles. The third-order valence-corrected chi connectivity index (χ3v) is 3.37. The van der Waals surface area contributed by atoms with Crippen molar-refractivity contribution in [1.82, 2.24) is 19.9 Å². The molecule has 2 N–H and O–H groups in total. The second-order valence-electron chi connectivity index (χ2n) is 4.63. The molecular weight excluding hydrogens is 252 g/mol. The van der Waals surface area contributed by atoms with Crippen LogP contribution in [0.2, 0.25) is 5.28 Å². The minimum absolute atomic E-state index is 0.194. The fourth-order valence-electron chi connectivity index (χ4n) is 1.77. The van der Waals surface area contributed by atoms with E-state index in [4.69, 9.17) is 11.6 Å². The van der Waals surface area contributed by atoms with E-state index in [2.05, 4.69) is 44.5 Å². The summed E-state index contributed by atoms with van der Waals surface area (Å²) in [5.74, 6) is 0.982. The molecular formula is C11H19ClN6. The lowest BCUT2D eigenvalue weighted by Crippen LogP contribution is -2.36. The van der Waals surface area contributed by atoms with E-state index < -0.39 is 0 Å². The molecule has 2 rings (SSSR count). The number of aromatic nitrogens is 3. The van der Waals surface area contributed by atoms with Gasteiger partial charge in [0, 0.05) is 25.7 Å². The Morgan fingerprint density at radius 1 is 1.33 bits per heavy atom. The summed E-state index contributed by atoms with van der Waals surface area (Å²) >= 11 is 5.81. The first kappa shape index (κ1) is 13.3. The van der Waals surface area contributed by atoms with Gasteiger partial charge in [-0.2, -0.15) is 15.0 Å². The van der Waals surface area contributed by atoms with E-state index in [1.165, 1.54) is 12.8 Å². The summed E-state index contributed by atoms with van der Waals surface area (Å²) in [4.78, 5) is 14.6. The van der Waals surface area contributed by atoms with Crippen molar-refractivity contribution in [3.8, 4) is 0 Å². The van der Waals surface area contributed by atoms with Crippen LogP contribution in [0.25, 0.3) is 0 Å². The average molecular weight is 271 g/mol. The van der Waals surface area contributed by atoms with Crippen molar-refractivity contribution >= 4 is 23.5 Å². The summed E-state index contributed by atoms with van der Waals surface area (Å²) in [5.41, 5.74) is 0. The number of rotatable bonds is 6. The summed E-state index contributed by atoms with van der Waals surface area (Å²) in [5, 5.41) is 6.24. The van der Waals surface area contributed by atoms with Gasteiger partial charge in [-0.25, -0.2) is 0 Å². The van der Waals surface area contributed by atoms with E-state index in [1.54, 1.807) is 7.05 Å². The number of halogens is 1. The molecule has 0 saturated heterocycles. The standard InChI is InChI=1S/C11H19ClN6/c1-7(18(3)8-4-5-8)6-14-11-16-9(12)15-10(13-2)17-11/h7-8H,4-6H2,1-3H3,(H2,13,14,15,16,17). The van der Waals surface area contributed by atoms with Gasteiger partial charge in [-0.1, -0.05) is 0 Å². The van der Waals surface area contributed by atoms with Crippen LogP contribution in [0.1, 0.15) is 19.8 Å². The molecule has 1 unspecified atom stereocenters. The average Bonchev–Trinajstić information content (AvgIpc) is 3.18.